The molecule has 0 spiro atoms. The predicted octanol–water partition coefficient (Wildman–Crippen LogP) is 1.33. The monoisotopic (exact) mass is 344 g/mol. The summed E-state index contributed by atoms with van der Waals surface area (Å²) in [5.74, 6) is -1.87. The van der Waals surface area contributed by atoms with Gasteiger partial charge in [0.1, 0.15) is 5.75 Å². The van der Waals surface area contributed by atoms with Crippen molar-refractivity contribution < 1.29 is 23.8 Å². The van der Waals surface area contributed by atoms with E-state index < -0.39 is 23.2 Å². The lowest BCUT2D eigenvalue weighted by molar-refractivity contribution is -0.125. The van der Waals surface area contributed by atoms with Gasteiger partial charge in [-0.05, 0) is 18.9 Å². The number of likely N-dealkylation sites (tertiary alicyclic amines) is 1. The van der Waals surface area contributed by atoms with Crippen molar-refractivity contribution in [3.8, 4) is 5.75 Å². The molecule has 1 atom stereocenters. The Hall–Kier alpha value is -1.86. The Morgan fingerprint density at radius 3 is 2.83 bits per heavy atom. The highest BCUT2D eigenvalue weighted by molar-refractivity contribution is 6.31. The standard InChI is InChI=1S/C15H18ClFN2O4/c1-23-9-5-10(13(17)11(16)6-9)14(21)19-4-2-3-15(22,8-19)7-12(18)20/h5-6,22H,2-4,7-8H2,1H3,(H2,18,20). The fraction of sp³-hybridized carbons (Fsp3) is 0.467. The summed E-state index contributed by atoms with van der Waals surface area (Å²) in [6.45, 7) is 0.247. The highest BCUT2D eigenvalue weighted by Crippen LogP contribution is 2.29. The van der Waals surface area contributed by atoms with Crippen molar-refractivity contribution in [3.05, 3.63) is 28.5 Å². The molecule has 0 bridgehead atoms. The fourth-order valence-corrected chi connectivity index (χ4v) is 2.97. The zero-order valence-electron chi connectivity index (χ0n) is 12.6. The molecule has 23 heavy (non-hydrogen) atoms. The van der Waals surface area contributed by atoms with E-state index in [-0.39, 0.29) is 29.3 Å². The van der Waals surface area contributed by atoms with E-state index in [0.717, 1.165) is 0 Å². The van der Waals surface area contributed by atoms with E-state index in [4.69, 9.17) is 22.1 Å². The van der Waals surface area contributed by atoms with Gasteiger partial charge in [0.05, 0.1) is 36.3 Å². The van der Waals surface area contributed by atoms with Crippen LogP contribution in [0.5, 0.6) is 5.75 Å². The number of rotatable bonds is 4. The van der Waals surface area contributed by atoms with E-state index in [1.807, 2.05) is 0 Å². The number of nitrogens with two attached hydrogens (primary N) is 1. The second-order valence-electron chi connectivity index (χ2n) is 5.67. The molecular formula is C15H18ClFN2O4. The van der Waals surface area contributed by atoms with Gasteiger partial charge in [-0.2, -0.15) is 0 Å². The maximum Gasteiger partial charge on any atom is 0.257 e. The van der Waals surface area contributed by atoms with Crippen LogP contribution in [-0.4, -0.2) is 47.6 Å². The Morgan fingerprint density at radius 1 is 1.52 bits per heavy atom. The number of amides is 2. The lowest BCUT2D eigenvalue weighted by Crippen LogP contribution is -2.52. The fourth-order valence-electron chi connectivity index (χ4n) is 2.76. The van der Waals surface area contributed by atoms with Crippen molar-refractivity contribution in [1.82, 2.24) is 4.90 Å². The van der Waals surface area contributed by atoms with Gasteiger partial charge in [0, 0.05) is 12.6 Å². The summed E-state index contributed by atoms with van der Waals surface area (Å²) in [5, 5.41) is 10.2. The van der Waals surface area contributed by atoms with Gasteiger partial charge >= 0.3 is 0 Å². The van der Waals surface area contributed by atoms with Gasteiger partial charge in [0.15, 0.2) is 5.82 Å². The molecule has 3 N–H and O–H groups in total. The minimum absolute atomic E-state index is 0.0942. The first kappa shape index (κ1) is 17.5. The first-order chi connectivity index (χ1) is 10.8. The predicted molar refractivity (Wildman–Crippen MR) is 81.9 cm³/mol. The molecule has 6 nitrogen and oxygen atoms in total. The summed E-state index contributed by atoms with van der Waals surface area (Å²) in [4.78, 5) is 24.9. The minimum Gasteiger partial charge on any atom is -0.497 e. The van der Waals surface area contributed by atoms with Crippen LogP contribution in [0.15, 0.2) is 12.1 Å². The molecule has 1 heterocycles. The molecule has 1 aliphatic rings. The van der Waals surface area contributed by atoms with Crippen LogP contribution in [0.2, 0.25) is 5.02 Å². The maximum atomic E-state index is 14.2. The molecule has 2 amide bonds. The van der Waals surface area contributed by atoms with Crippen molar-refractivity contribution in [1.29, 1.82) is 0 Å². The lowest BCUT2D eigenvalue weighted by Gasteiger charge is -2.38. The normalized spacial score (nSPS) is 21.1. The number of hydrogen-bond donors (Lipinski definition) is 2. The van der Waals surface area contributed by atoms with E-state index in [0.29, 0.717) is 19.4 Å². The SMILES string of the molecule is COc1cc(Cl)c(F)c(C(=O)N2CCCC(O)(CC(N)=O)C2)c1. The Bertz CT molecular complexity index is 640. The van der Waals surface area contributed by atoms with Crippen LogP contribution in [0.1, 0.15) is 29.6 Å². The third-order valence-electron chi connectivity index (χ3n) is 3.81. The number of primary amides is 1. The van der Waals surface area contributed by atoms with Gasteiger partial charge in [-0.3, -0.25) is 9.59 Å². The summed E-state index contributed by atoms with van der Waals surface area (Å²) in [7, 11) is 1.38. The molecular weight excluding hydrogens is 327 g/mol. The van der Waals surface area contributed by atoms with Crippen molar-refractivity contribution in [3.63, 3.8) is 0 Å². The number of nitrogens with zero attached hydrogens (tertiary/aromatic N) is 1. The van der Waals surface area contributed by atoms with E-state index >= 15 is 0 Å². The number of benzene rings is 1. The summed E-state index contributed by atoms with van der Waals surface area (Å²) in [5.41, 5.74) is 3.50. The summed E-state index contributed by atoms with van der Waals surface area (Å²) in [6.07, 6.45) is 0.577. The number of carbonyl (C=O) groups excluding carboxylic acids is 2. The molecule has 0 saturated carbocycles. The third-order valence-corrected chi connectivity index (χ3v) is 4.09. The Kier molecular flexibility index (Phi) is 5.11. The van der Waals surface area contributed by atoms with Crippen LogP contribution in [-0.2, 0) is 4.79 Å². The topological polar surface area (TPSA) is 92.9 Å². The first-order valence-electron chi connectivity index (χ1n) is 7.09. The van der Waals surface area contributed by atoms with E-state index in [1.165, 1.54) is 24.1 Å². The number of β-amino-alcohol motifs (C(OH)–C–C–N with tert-alkyl or cyclic N) is 1. The maximum absolute atomic E-state index is 14.2. The van der Waals surface area contributed by atoms with Crippen LogP contribution in [0.4, 0.5) is 4.39 Å². The van der Waals surface area contributed by atoms with E-state index in [1.54, 1.807) is 0 Å². The molecule has 0 aromatic heterocycles. The second-order valence-corrected chi connectivity index (χ2v) is 6.08. The van der Waals surface area contributed by atoms with Crippen LogP contribution >= 0.6 is 11.6 Å². The number of hydrogen-bond acceptors (Lipinski definition) is 4. The molecule has 126 valence electrons. The molecule has 0 aliphatic carbocycles. The van der Waals surface area contributed by atoms with Crippen LogP contribution in [0, 0.1) is 5.82 Å². The lowest BCUT2D eigenvalue weighted by atomic mass is 9.89. The number of ether oxygens (including phenoxy) is 1. The Morgan fingerprint density at radius 2 is 2.22 bits per heavy atom. The third kappa shape index (κ3) is 3.92. The summed E-state index contributed by atoms with van der Waals surface area (Å²) in [6, 6.07) is 2.53. The number of halogens is 2. The molecule has 1 aromatic rings. The Labute approximate surface area is 138 Å². The largest absolute Gasteiger partial charge is 0.497 e. The van der Waals surface area contributed by atoms with Gasteiger partial charge in [-0.25, -0.2) is 4.39 Å². The van der Waals surface area contributed by atoms with Crippen molar-refractivity contribution in [2.24, 2.45) is 5.73 Å². The smallest absolute Gasteiger partial charge is 0.257 e. The van der Waals surface area contributed by atoms with Crippen LogP contribution in [0.25, 0.3) is 0 Å². The van der Waals surface area contributed by atoms with Gasteiger partial charge in [0.2, 0.25) is 5.91 Å². The van der Waals surface area contributed by atoms with Gasteiger partial charge in [0.25, 0.3) is 5.91 Å². The van der Waals surface area contributed by atoms with E-state index in [2.05, 4.69) is 0 Å². The number of carbonyl (C=O) groups is 2. The molecule has 1 aliphatic heterocycles. The first-order valence-corrected chi connectivity index (χ1v) is 7.46. The summed E-state index contributed by atoms with van der Waals surface area (Å²) >= 11 is 5.77. The molecule has 1 unspecified atom stereocenters. The van der Waals surface area contributed by atoms with Crippen molar-refractivity contribution in [2.45, 2.75) is 24.9 Å². The molecule has 1 saturated heterocycles. The average molecular weight is 345 g/mol. The molecule has 1 fully saturated rings. The van der Waals surface area contributed by atoms with Crippen molar-refractivity contribution >= 4 is 23.4 Å². The number of piperidine rings is 1. The number of aliphatic hydroxyl groups is 1. The number of methoxy groups -OCH3 is 1. The zero-order valence-corrected chi connectivity index (χ0v) is 13.4. The van der Waals surface area contributed by atoms with Crippen molar-refractivity contribution in [2.75, 3.05) is 20.2 Å². The highest BCUT2D eigenvalue weighted by atomic mass is 35.5. The average Bonchev–Trinajstić information content (AvgIpc) is 2.47. The Balaban J connectivity index is 2.26. The van der Waals surface area contributed by atoms with Gasteiger partial charge in [-0.15, -0.1) is 0 Å². The van der Waals surface area contributed by atoms with E-state index in [9.17, 15) is 19.1 Å². The quantitative estimate of drug-likeness (QED) is 0.861. The minimum atomic E-state index is -1.39. The molecule has 8 heteroatoms. The molecule has 1 aromatic carbocycles. The summed E-state index contributed by atoms with van der Waals surface area (Å²) < 4.78 is 19.1. The van der Waals surface area contributed by atoms with Gasteiger partial charge in [-0.1, -0.05) is 11.6 Å². The van der Waals surface area contributed by atoms with Gasteiger partial charge < -0.3 is 20.5 Å². The van der Waals surface area contributed by atoms with Crippen LogP contribution < -0.4 is 10.5 Å². The highest BCUT2D eigenvalue weighted by Gasteiger charge is 2.37. The zero-order chi connectivity index (χ0) is 17.2. The molecule has 2 rings (SSSR count). The molecule has 0 radical (unpaired) electrons. The van der Waals surface area contributed by atoms with Crippen LogP contribution in [0.3, 0.4) is 0 Å². The second kappa shape index (κ2) is 6.72.